The zero-order valence-corrected chi connectivity index (χ0v) is 14.0. The van der Waals surface area contributed by atoms with Crippen LogP contribution in [0.1, 0.15) is 28.0 Å². The minimum atomic E-state index is -0.192. The first-order valence-electron chi connectivity index (χ1n) is 7.39. The van der Waals surface area contributed by atoms with Crippen LogP contribution >= 0.6 is 11.3 Å². The molecule has 0 aliphatic rings. The van der Waals surface area contributed by atoms with Crippen molar-refractivity contribution in [2.24, 2.45) is 0 Å². The zero-order chi connectivity index (χ0) is 16.6. The van der Waals surface area contributed by atoms with E-state index in [0.29, 0.717) is 33.0 Å². The van der Waals surface area contributed by atoms with Gasteiger partial charge in [-0.3, -0.25) is 9.59 Å². The highest BCUT2D eigenvalue weighted by Crippen LogP contribution is 2.29. The van der Waals surface area contributed by atoms with E-state index in [9.17, 15) is 9.59 Å². The molecule has 3 aromatic rings. The number of para-hydroxylation sites is 1. The van der Waals surface area contributed by atoms with Crippen LogP contribution in [0.25, 0.3) is 10.2 Å². The number of aromatic amines is 1. The molecule has 6 heteroatoms. The monoisotopic (exact) mass is 327 g/mol. The largest absolute Gasteiger partial charge is 0.310 e. The van der Waals surface area contributed by atoms with Crippen LogP contribution in [0, 0.1) is 13.8 Å². The molecular formula is C17H17N3O2S. The minimum absolute atomic E-state index is 0.101. The van der Waals surface area contributed by atoms with Gasteiger partial charge in [-0.2, -0.15) is 0 Å². The molecule has 2 aromatic heterocycles. The second kappa shape index (κ2) is 5.96. The molecule has 0 aliphatic carbocycles. The molecular weight excluding hydrogens is 310 g/mol. The van der Waals surface area contributed by atoms with E-state index < -0.39 is 0 Å². The summed E-state index contributed by atoms with van der Waals surface area (Å²) in [5, 5.41) is 0.507. The number of thiophene rings is 1. The van der Waals surface area contributed by atoms with Crippen LogP contribution in [-0.2, 0) is 0 Å². The molecule has 3 rings (SSSR count). The van der Waals surface area contributed by atoms with Gasteiger partial charge in [0.1, 0.15) is 10.7 Å². The summed E-state index contributed by atoms with van der Waals surface area (Å²) in [6.07, 6.45) is 0. The van der Waals surface area contributed by atoms with Gasteiger partial charge in [0.05, 0.1) is 10.3 Å². The van der Waals surface area contributed by atoms with Gasteiger partial charge in [-0.25, -0.2) is 4.98 Å². The van der Waals surface area contributed by atoms with Gasteiger partial charge in [-0.1, -0.05) is 18.2 Å². The van der Waals surface area contributed by atoms with E-state index in [-0.39, 0.29) is 11.5 Å². The minimum Gasteiger partial charge on any atom is -0.310 e. The molecule has 0 unspecified atom stereocenters. The summed E-state index contributed by atoms with van der Waals surface area (Å²) < 4.78 is 0. The molecule has 0 saturated heterocycles. The van der Waals surface area contributed by atoms with Gasteiger partial charge in [-0.15, -0.1) is 11.3 Å². The number of aryl methyl sites for hydroxylation is 2. The summed E-state index contributed by atoms with van der Waals surface area (Å²) in [6.45, 7) is 6.03. The molecule has 1 N–H and O–H groups in total. The summed E-state index contributed by atoms with van der Waals surface area (Å²) in [5.74, 6) is 0.453. The third kappa shape index (κ3) is 2.66. The smallest absolute Gasteiger partial charge is 0.268 e. The van der Waals surface area contributed by atoms with Gasteiger partial charge in [0.15, 0.2) is 0 Å². The van der Waals surface area contributed by atoms with E-state index in [1.807, 2.05) is 37.3 Å². The Morgan fingerprint density at radius 3 is 2.61 bits per heavy atom. The molecule has 0 aliphatic heterocycles. The van der Waals surface area contributed by atoms with Crippen LogP contribution in [-0.4, -0.2) is 22.4 Å². The third-order valence-electron chi connectivity index (χ3n) is 3.74. The number of nitrogens with one attached hydrogen (secondary N) is 1. The highest BCUT2D eigenvalue weighted by Gasteiger charge is 2.23. The summed E-state index contributed by atoms with van der Waals surface area (Å²) >= 11 is 1.28. The van der Waals surface area contributed by atoms with Gasteiger partial charge in [0.2, 0.25) is 0 Å². The van der Waals surface area contributed by atoms with Crippen molar-refractivity contribution in [2.45, 2.75) is 20.8 Å². The van der Waals surface area contributed by atoms with E-state index in [2.05, 4.69) is 9.97 Å². The van der Waals surface area contributed by atoms with Gasteiger partial charge < -0.3 is 9.88 Å². The van der Waals surface area contributed by atoms with Crippen LogP contribution in [0.5, 0.6) is 0 Å². The Balaban J connectivity index is 2.12. The Morgan fingerprint density at radius 2 is 1.96 bits per heavy atom. The summed E-state index contributed by atoms with van der Waals surface area (Å²) in [5.41, 5.74) is 1.34. The third-order valence-corrected chi connectivity index (χ3v) is 4.92. The van der Waals surface area contributed by atoms with Crippen molar-refractivity contribution in [3.05, 3.63) is 57.0 Å². The molecule has 5 nitrogen and oxygen atoms in total. The average molecular weight is 327 g/mol. The summed E-state index contributed by atoms with van der Waals surface area (Å²) in [4.78, 5) is 35.0. The van der Waals surface area contributed by atoms with Crippen LogP contribution in [0.2, 0.25) is 0 Å². The van der Waals surface area contributed by atoms with Crippen molar-refractivity contribution in [1.82, 2.24) is 9.97 Å². The maximum Gasteiger partial charge on any atom is 0.268 e. The lowest BCUT2D eigenvalue weighted by Gasteiger charge is -2.20. The average Bonchev–Trinajstić information content (AvgIpc) is 2.86. The second-order valence-electron chi connectivity index (χ2n) is 5.27. The maximum absolute atomic E-state index is 13.0. The first kappa shape index (κ1) is 15.4. The molecule has 0 bridgehead atoms. The van der Waals surface area contributed by atoms with Gasteiger partial charge in [-0.05, 0) is 38.5 Å². The molecule has 0 spiro atoms. The van der Waals surface area contributed by atoms with Gasteiger partial charge in [0.25, 0.3) is 11.5 Å². The molecule has 0 fully saturated rings. The highest BCUT2D eigenvalue weighted by molar-refractivity contribution is 7.20. The fourth-order valence-electron chi connectivity index (χ4n) is 2.63. The maximum atomic E-state index is 13.0. The number of amides is 1. The van der Waals surface area contributed by atoms with E-state index in [1.54, 1.807) is 18.7 Å². The number of hydrogen-bond acceptors (Lipinski definition) is 4. The van der Waals surface area contributed by atoms with Crippen molar-refractivity contribution < 1.29 is 4.79 Å². The summed E-state index contributed by atoms with van der Waals surface area (Å²) in [6, 6.07) is 9.52. The Morgan fingerprint density at radius 1 is 1.26 bits per heavy atom. The predicted molar refractivity (Wildman–Crippen MR) is 93.5 cm³/mol. The summed E-state index contributed by atoms with van der Waals surface area (Å²) in [7, 11) is 0. The van der Waals surface area contributed by atoms with Crippen molar-refractivity contribution in [3.8, 4) is 0 Å². The van der Waals surface area contributed by atoms with Crippen molar-refractivity contribution in [3.63, 3.8) is 0 Å². The molecule has 0 atom stereocenters. The normalized spacial score (nSPS) is 10.9. The number of fused-ring (bicyclic) bond motifs is 1. The second-order valence-corrected chi connectivity index (χ2v) is 6.27. The quantitative estimate of drug-likeness (QED) is 0.803. The van der Waals surface area contributed by atoms with Crippen LogP contribution in [0.4, 0.5) is 5.69 Å². The number of nitrogens with zero attached hydrogens (tertiary/aromatic N) is 2. The molecule has 118 valence electrons. The van der Waals surface area contributed by atoms with E-state index >= 15 is 0 Å². The van der Waals surface area contributed by atoms with Crippen molar-refractivity contribution in [1.29, 1.82) is 0 Å². The molecule has 23 heavy (non-hydrogen) atoms. The Bertz CT molecular complexity index is 928. The fourth-order valence-corrected chi connectivity index (χ4v) is 3.81. The highest BCUT2D eigenvalue weighted by atomic mass is 32.1. The predicted octanol–water partition coefficient (Wildman–Crippen LogP) is 3.27. The molecule has 2 heterocycles. The molecule has 1 aromatic carbocycles. The number of rotatable bonds is 3. The first-order valence-corrected chi connectivity index (χ1v) is 8.21. The number of carbonyl (C=O) groups excluding carboxylic acids is 1. The zero-order valence-electron chi connectivity index (χ0n) is 13.2. The van der Waals surface area contributed by atoms with Crippen LogP contribution in [0.3, 0.4) is 0 Å². The topological polar surface area (TPSA) is 66.1 Å². The standard InChI is InChI=1S/C17H17N3O2S/c1-4-20(12-8-6-5-7-9-12)17(22)14-10(2)13-15(21)18-11(3)19-16(13)23-14/h5-9H,4H2,1-3H3,(H,18,19,21). The van der Waals surface area contributed by atoms with Crippen LogP contribution < -0.4 is 10.5 Å². The van der Waals surface area contributed by atoms with Gasteiger partial charge >= 0.3 is 0 Å². The van der Waals surface area contributed by atoms with E-state index in [1.165, 1.54) is 11.3 Å². The number of anilines is 1. The van der Waals surface area contributed by atoms with Crippen LogP contribution in [0.15, 0.2) is 35.1 Å². The van der Waals surface area contributed by atoms with E-state index in [0.717, 1.165) is 5.69 Å². The number of carbonyl (C=O) groups is 1. The Hall–Kier alpha value is -2.47. The lowest BCUT2D eigenvalue weighted by atomic mass is 10.2. The number of benzene rings is 1. The lowest BCUT2D eigenvalue weighted by molar-refractivity contribution is 0.0992. The molecule has 0 saturated carbocycles. The SMILES string of the molecule is CCN(C(=O)c1sc2nc(C)[nH]c(=O)c2c1C)c1ccccc1. The number of aromatic nitrogens is 2. The Labute approximate surface area is 137 Å². The van der Waals surface area contributed by atoms with E-state index in [4.69, 9.17) is 0 Å². The molecule has 0 radical (unpaired) electrons. The number of hydrogen-bond donors (Lipinski definition) is 1. The van der Waals surface area contributed by atoms with Gasteiger partial charge in [0, 0.05) is 12.2 Å². The number of H-pyrrole nitrogens is 1. The fraction of sp³-hybridized carbons (Fsp3) is 0.235. The lowest BCUT2D eigenvalue weighted by Crippen LogP contribution is -2.30. The van der Waals surface area contributed by atoms with Crippen molar-refractivity contribution >= 4 is 33.1 Å². The Kier molecular flexibility index (Phi) is 4.00. The molecule has 1 amide bonds. The first-order chi connectivity index (χ1) is 11.0. The van der Waals surface area contributed by atoms with Crippen molar-refractivity contribution in [2.75, 3.05) is 11.4 Å².